The minimum atomic E-state index is 0.172. The Morgan fingerprint density at radius 2 is 2.04 bits per heavy atom. The number of carbonyl (C=O) groups excluding carboxylic acids is 1. The van der Waals surface area contributed by atoms with Crippen LogP contribution < -0.4 is 4.74 Å². The highest BCUT2D eigenvalue weighted by atomic mass is 16.5. The summed E-state index contributed by atoms with van der Waals surface area (Å²) in [5, 5.41) is 0. The van der Waals surface area contributed by atoms with Gasteiger partial charge >= 0.3 is 0 Å². The topological polar surface area (TPSA) is 42.4 Å². The molecule has 1 atom stereocenters. The molecule has 0 aliphatic carbocycles. The van der Waals surface area contributed by atoms with Gasteiger partial charge in [-0.2, -0.15) is 0 Å². The normalized spacial score (nSPS) is 17.3. The lowest BCUT2D eigenvalue weighted by Crippen LogP contribution is -2.38. The van der Waals surface area contributed by atoms with Crippen LogP contribution in [0.4, 0.5) is 0 Å². The fraction of sp³-hybridized carbons (Fsp3) is 0.455. The molecule has 1 unspecified atom stereocenters. The van der Waals surface area contributed by atoms with Gasteiger partial charge in [-0.3, -0.25) is 9.78 Å². The molecule has 4 nitrogen and oxygen atoms in total. The van der Waals surface area contributed by atoms with Crippen molar-refractivity contribution in [1.82, 2.24) is 9.88 Å². The van der Waals surface area contributed by atoms with Crippen molar-refractivity contribution >= 4 is 5.91 Å². The number of rotatable bonds is 6. The monoisotopic (exact) mass is 352 g/mol. The molecule has 1 aromatic heterocycles. The maximum atomic E-state index is 12.8. The lowest BCUT2D eigenvalue weighted by molar-refractivity contribution is -0.135. The smallest absolute Gasteiger partial charge is 0.223 e. The maximum absolute atomic E-state index is 12.8. The highest BCUT2D eigenvalue weighted by molar-refractivity contribution is 5.77. The summed E-state index contributed by atoms with van der Waals surface area (Å²) in [4.78, 5) is 19.1. The molecule has 26 heavy (non-hydrogen) atoms. The number of hydrogen-bond donors (Lipinski definition) is 0. The zero-order chi connectivity index (χ0) is 18.4. The van der Waals surface area contributed by atoms with Crippen molar-refractivity contribution in [2.75, 3.05) is 6.54 Å². The van der Waals surface area contributed by atoms with Crippen LogP contribution in [0.25, 0.3) is 0 Å². The van der Waals surface area contributed by atoms with Crippen molar-refractivity contribution in [1.29, 1.82) is 0 Å². The van der Waals surface area contributed by atoms with Gasteiger partial charge in [0, 0.05) is 25.4 Å². The van der Waals surface area contributed by atoms with Gasteiger partial charge in [-0.05, 0) is 68.9 Å². The average Bonchev–Trinajstić information content (AvgIpc) is 2.67. The second-order valence-electron chi connectivity index (χ2n) is 7.20. The van der Waals surface area contributed by atoms with Crippen molar-refractivity contribution in [2.24, 2.45) is 0 Å². The summed E-state index contributed by atoms with van der Waals surface area (Å²) in [6, 6.07) is 12.3. The van der Waals surface area contributed by atoms with Crippen LogP contribution in [0.2, 0.25) is 0 Å². The number of aromatic nitrogens is 1. The Hall–Kier alpha value is -2.36. The van der Waals surface area contributed by atoms with E-state index in [0.717, 1.165) is 37.1 Å². The Balaban J connectivity index is 1.59. The van der Waals surface area contributed by atoms with Crippen LogP contribution in [0, 0.1) is 0 Å². The largest absolute Gasteiger partial charge is 0.491 e. The lowest BCUT2D eigenvalue weighted by atomic mass is 9.95. The number of amides is 1. The Labute approximate surface area is 156 Å². The van der Waals surface area contributed by atoms with E-state index in [1.54, 1.807) is 6.20 Å². The first-order valence-corrected chi connectivity index (χ1v) is 9.58. The number of aryl methyl sites for hydroxylation is 1. The molecule has 1 aliphatic heterocycles. The molecule has 0 bridgehead atoms. The minimum absolute atomic E-state index is 0.172. The van der Waals surface area contributed by atoms with Crippen molar-refractivity contribution in [3.63, 3.8) is 0 Å². The zero-order valence-electron chi connectivity index (χ0n) is 15.7. The Bertz CT molecular complexity index is 698. The number of piperidine rings is 1. The van der Waals surface area contributed by atoms with Crippen LogP contribution in [0.3, 0.4) is 0 Å². The molecule has 0 spiro atoms. The van der Waals surface area contributed by atoms with E-state index in [0.29, 0.717) is 6.42 Å². The van der Waals surface area contributed by atoms with Crippen LogP contribution in [-0.2, 0) is 11.2 Å². The second-order valence-corrected chi connectivity index (χ2v) is 7.20. The fourth-order valence-electron chi connectivity index (χ4n) is 3.55. The van der Waals surface area contributed by atoms with E-state index < -0.39 is 0 Å². The van der Waals surface area contributed by atoms with Gasteiger partial charge in [0.1, 0.15) is 5.75 Å². The van der Waals surface area contributed by atoms with Gasteiger partial charge in [0.2, 0.25) is 5.91 Å². The molecular formula is C22H28N2O2. The van der Waals surface area contributed by atoms with E-state index in [2.05, 4.69) is 28.1 Å². The molecule has 3 rings (SSSR count). The molecule has 2 aromatic rings. The van der Waals surface area contributed by atoms with E-state index in [1.807, 2.05) is 38.2 Å². The first-order valence-electron chi connectivity index (χ1n) is 9.58. The Morgan fingerprint density at radius 3 is 2.73 bits per heavy atom. The van der Waals surface area contributed by atoms with Gasteiger partial charge in [-0.25, -0.2) is 0 Å². The van der Waals surface area contributed by atoms with E-state index in [1.165, 1.54) is 12.0 Å². The number of likely N-dealkylation sites (tertiary alicyclic amines) is 1. The number of ether oxygens (including phenoxy) is 1. The quantitative estimate of drug-likeness (QED) is 0.765. The van der Waals surface area contributed by atoms with Gasteiger partial charge < -0.3 is 9.64 Å². The highest BCUT2D eigenvalue weighted by Crippen LogP contribution is 2.31. The fourth-order valence-corrected chi connectivity index (χ4v) is 3.55. The molecule has 1 amide bonds. The van der Waals surface area contributed by atoms with Crippen LogP contribution >= 0.6 is 0 Å². The molecule has 0 saturated carbocycles. The summed E-state index contributed by atoms with van der Waals surface area (Å²) in [7, 11) is 0. The number of pyridine rings is 1. The lowest BCUT2D eigenvalue weighted by Gasteiger charge is -2.36. The number of carbonyl (C=O) groups is 1. The zero-order valence-corrected chi connectivity index (χ0v) is 15.7. The van der Waals surface area contributed by atoms with Gasteiger partial charge in [0.05, 0.1) is 12.1 Å². The third-order valence-corrected chi connectivity index (χ3v) is 4.82. The van der Waals surface area contributed by atoms with Crippen LogP contribution in [0.15, 0.2) is 48.8 Å². The minimum Gasteiger partial charge on any atom is -0.491 e. The molecule has 4 heteroatoms. The number of nitrogens with zero attached hydrogens (tertiary/aromatic N) is 2. The first kappa shape index (κ1) is 18.4. The van der Waals surface area contributed by atoms with Gasteiger partial charge in [0.15, 0.2) is 0 Å². The van der Waals surface area contributed by atoms with E-state index in [9.17, 15) is 4.79 Å². The predicted octanol–water partition coefficient (Wildman–Crippen LogP) is 4.56. The molecule has 0 radical (unpaired) electrons. The molecule has 1 saturated heterocycles. The Kier molecular flexibility index (Phi) is 6.26. The van der Waals surface area contributed by atoms with Gasteiger partial charge in [-0.15, -0.1) is 0 Å². The second kappa shape index (κ2) is 8.84. The average molecular weight is 352 g/mol. The number of hydrogen-bond acceptors (Lipinski definition) is 3. The van der Waals surface area contributed by atoms with Crippen molar-refractivity contribution in [3.8, 4) is 5.75 Å². The highest BCUT2D eigenvalue weighted by Gasteiger charge is 2.27. The Morgan fingerprint density at radius 1 is 1.23 bits per heavy atom. The molecule has 1 aliphatic rings. The van der Waals surface area contributed by atoms with Crippen molar-refractivity contribution < 1.29 is 9.53 Å². The van der Waals surface area contributed by atoms with Gasteiger partial charge in [-0.1, -0.05) is 18.2 Å². The van der Waals surface area contributed by atoms with E-state index in [4.69, 9.17) is 4.74 Å². The SMILES string of the molecule is CC(C)Oc1ccc(CCC(=O)N2CCCCC2c2cccnc2)cc1. The van der Waals surface area contributed by atoms with Crippen molar-refractivity contribution in [3.05, 3.63) is 59.9 Å². The molecule has 1 aromatic carbocycles. The van der Waals surface area contributed by atoms with Crippen molar-refractivity contribution in [2.45, 2.75) is 58.1 Å². The molecule has 0 N–H and O–H groups in total. The molecule has 138 valence electrons. The summed E-state index contributed by atoms with van der Waals surface area (Å²) in [5.41, 5.74) is 2.32. The van der Waals surface area contributed by atoms with E-state index >= 15 is 0 Å². The summed E-state index contributed by atoms with van der Waals surface area (Å²) in [6.45, 7) is 4.88. The van der Waals surface area contributed by atoms with E-state index in [-0.39, 0.29) is 18.1 Å². The molecular weight excluding hydrogens is 324 g/mol. The van der Waals surface area contributed by atoms with Crippen LogP contribution in [0.1, 0.15) is 56.7 Å². The predicted molar refractivity (Wildman–Crippen MR) is 103 cm³/mol. The van der Waals surface area contributed by atoms with Gasteiger partial charge in [0.25, 0.3) is 0 Å². The summed E-state index contributed by atoms with van der Waals surface area (Å²) >= 11 is 0. The summed E-state index contributed by atoms with van der Waals surface area (Å²) in [6.07, 6.45) is 8.43. The standard InChI is InChI=1S/C22H28N2O2/c1-17(2)26-20-11-8-18(9-12-20)10-13-22(25)24-15-4-3-7-21(24)19-6-5-14-23-16-19/h5-6,8-9,11-12,14,16-17,21H,3-4,7,10,13,15H2,1-2H3. The maximum Gasteiger partial charge on any atom is 0.223 e. The summed E-state index contributed by atoms with van der Waals surface area (Å²) in [5.74, 6) is 1.11. The first-order chi connectivity index (χ1) is 12.6. The molecule has 1 fully saturated rings. The molecule has 2 heterocycles. The summed E-state index contributed by atoms with van der Waals surface area (Å²) < 4.78 is 5.67. The number of benzene rings is 1. The van der Waals surface area contributed by atoms with Crippen LogP contribution in [0.5, 0.6) is 5.75 Å². The van der Waals surface area contributed by atoms with Crippen LogP contribution in [-0.4, -0.2) is 28.4 Å². The third kappa shape index (κ3) is 4.84. The third-order valence-electron chi connectivity index (χ3n) is 4.82.